The second-order valence-corrected chi connectivity index (χ2v) is 7.54. The molecule has 0 heterocycles. The van der Waals surface area contributed by atoms with Gasteiger partial charge in [0, 0.05) is 12.7 Å². The molecule has 1 rings (SSSR count). The fourth-order valence-electron chi connectivity index (χ4n) is 1.89. The van der Waals surface area contributed by atoms with Crippen molar-refractivity contribution >= 4 is 11.6 Å². The Morgan fingerprint density at radius 1 is 1.05 bits per heavy atom. The number of rotatable bonds is 2. The van der Waals surface area contributed by atoms with Crippen molar-refractivity contribution in [2.24, 2.45) is 11.1 Å². The molecule has 1 aromatic carbocycles. The van der Waals surface area contributed by atoms with E-state index in [1.54, 1.807) is 11.9 Å². The summed E-state index contributed by atoms with van der Waals surface area (Å²) in [6.45, 7) is 12.5. The Kier molecular flexibility index (Phi) is 4.65. The van der Waals surface area contributed by atoms with Crippen molar-refractivity contribution < 1.29 is 4.79 Å². The summed E-state index contributed by atoms with van der Waals surface area (Å²) < 4.78 is 0. The van der Waals surface area contributed by atoms with Crippen LogP contribution in [-0.4, -0.2) is 19.0 Å². The molecule has 3 heteroatoms. The molecule has 0 radical (unpaired) electrons. The first-order chi connectivity index (χ1) is 8.94. The Balaban J connectivity index is 2.93. The lowest BCUT2D eigenvalue weighted by atomic mass is 9.86. The first-order valence-electron chi connectivity index (χ1n) is 7.08. The van der Waals surface area contributed by atoms with Crippen LogP contribution in [0.2, 0.25) is 0 Å². The van der Waals surface area contributed by atoms with Crippen molar-refractivity contribution in [1.82, 2.24) is 0 Å². The summed E-state index contributed by atoms with van der Waals surface area (Å²) in [5, 5.41) is 0. The average molecular weight is 276 g/mol. The molecule has 0 saturated heterocycles. The van der Waals surface area contributed by atoms with Crippen molar-refractivity contribution in [2.75, 3.05) is 11.9 Å². The normalized spacial score (nSPS) is 14.0. The van der Waals surface area contributed by atoms with E-state index >= 15 is 0 Å². The third-order valence-electron chi connectivity index (χ3n) is 3.65. The zero-order valence-electron chi connectivity index (χ0n) is 13.8. The van der Waals surface area contributed by atoms with Crippen molar-refractivity contribution in [2.45, 2.75) is 53.0 Å². The number of amides is 1. The Morgan fingerprint density at radius 3 is 1.85 bits per heavy atom. The minimum absolute atomic E-state index is 0.0546. The average Bonchev–Trinajstić information content (AvgIpc) is 2.34. The van der Waals surface area contributed by atoms with E-state index in [1.165, 1.54) is 5.56 Å². The van der Waals surface area contributed by atoms with Gasteiger partial charge in [-0.1, -0.05) is 53.7 Å². The highest BCUT2D eigenvalue weighted by molar-refractivity contribution is 5.97. The molecular weight excluding hydrogens is 248 g/mol. The van der Waals surface area contributed by atoms with Gasteiger partial charge in [0.2, 0.25) is 5.91 Å². The second-order valence-electron chi connectivity index (χ2n) is 7.54. The maximum absolute atomic E-state index is 12.4. The molecule has 0 aromatic heterocycles. The highest BCUT2D eigenvalue weighted by Gasteiger charge is 2.30. The molecule has 1 aromatic rings. The molecule has 3 nitrogen and oxygen atoms in total. The summed E-state index contributed by atoms with van der Waals surface area (Å²) in [5.74, 6) is -0.0546. The number of carbonyl (C=O) groups excluding carboxylic acids is 1. The van der Waals surface area contributed by atoms with Crippen LogP contribution in [0.3, 0.4) is 0 Å². The first-order valence-corrected chi connectivity index (χ1v) is 7.08. The number of hydrogen-bond donors (Lipinski definition) is 1. The van der Waals surface area contributed by atoms with Gasteiger partial charge in [0.25, 0.3) is 0 Å². The van der Waals surface area contributed by atoms with Crippen LogP contribution in [0.25, 0.3) is 0 Å². The van der Waals surface area contributed by atoms with Gasteiger partial charge in [0.05, 0.1) is 6.04 Å². The van der Waals surface area contributed by atoms with Crippen LogP contribution < -0.4 is 10.6 Å². The van der Waals surface area contributed by atoms with E-state index in [4.69, 9.17) is 5.73 Å². The number of anilines is 1. The molecule has 0 spiro atoms. The van der Waals surface area contributed by atoms with Gasteiger partial charge in [-0.2, -0.15) is 0 Å². The van der Waals surface area contributed by atoms with E-state index in [-0.39, 0.29) is 16.7 Å². The van der Waals surface area contributed by atoms with Crippen LogP contribution >= 0.6 is 0 Å². The summed E-state index contributed by atoms with van der Waals surface area (Å²) in [7, 11) is 1.78. The number of carbonyl (C=O) groups is 1. The van der Waals surface area contributed by atoms with E-state index in [0.717, 1.165) is 5.69 Å². The van der Waals surface area contributed by atoms with E-state index in [9.17, 15) is 4.79 Å². The van der Waals surface area contributed by atoms with Crippen LogP contribution in [0.1, 0.15) is 47.1 Å². The van der Waals surface area contributed by atoms with Gasteiger partial charge >= 0.3 is 0 Å². The maximum atomic E-state index is 12.4. The molecule has 0 bridgehead atoms. The molecule has 2 N–H and O–H groups in total. The van der Waals surface area contributed by atoms with E-state index < -0.39 is 6.04 Å². The zero-order chi connectivity index (χ0) is 15.7. The standard InChI is InChI=1S/C17H28N2O/c1-16(2,3)12-8-10-13(11-9-12)19(7)15(20)14(18)17(4,5)6/h8-11,14H,18H2,1-7H3/t14-/m1/s1. The van der Waals surface area contributed by atoms with Crippen LogP contribution in [-0.2, 0) is 10.2 Å². The third-order valence-corrected chi connectivity index (χ3v) is 3.65. The van der Waals surface area contributed by atoms with Crippen LogP contribution in [0.15, 0.2) is 24.3 Å². The summed E-state index contributed by atoms with van der Waals surface area (Å²) >= 11 is 0. The summed E-state index contributed by atoms with van der Waals surface area (Å²) in [4.78, 5) is 14.0. The minimum atomic E-state index is -0.505. The fourth-order valence-corrected chi connectivity index (χ4v) is 1.89. The van der Waals surface area contributed by atoms with Crippen LogP contribution in [0.4, 0.5) is 5.69 Å². The monoisotopic (exact) mass is 276 g/mol. The Bertz CT molecular complexity index is 463. The summed E-state index contributed by atoms with van der Waals surface area (Å²) in [6.07, 6.45) is 0. The predicted octanol–water partition coefficient (Wildman–Crippen LogP) is 3.32. The first kappa shape index (κ1) is 16.7. The molecule has 1 atom stereocenters. The lowest BCUT2D eigenvalue weighted by Crippen LogP contribution is -2.49. The van der Waals surface area contributed by atoms with Crippen molar-refractivity contribution in [3.05, 3.63) is 29.8 Å². The van der Waals surface area contributed by atoms with Gasteiger partial charge in [-0.25, -0.2) is 0 Å². The molecule has 0 saturated carbocycles. The van der Waals surface area contributed by atoms with Crippen LogP contribution in [0, 0.1) is 5.41 Å². The summed E-state index contributed by atoms with van der Waals surface area (Å²) in [5.41, 5.74) is 8.04. The van der Waals surface area contributed by atoms with Gasteiger partial charge in [0.15, 0.2) is 0 Å². The highest BCUT2D eigenvalue weighted by Crippen LogP contribution is 2.26. The maximum Gasteiger partial charge on any atom is 0.244 e. The predicted molar refractivity (Wildman–Crippen MR) is 86.0 cm³/mol. The number of likely N-dealkylation sites (N-methyl/N-ethyl adjacent to an activating group) is 1. The van der Waals surface area contributed by atoms with Crippen molar-refractivity contribution in [1.29, 1.82) is 0 Å². The quantitative estimate of drug-likeness (QED) is 0.900. The SMILES string of the molecule is CN(C(=O)[C@@H](N)C(C)(C)C)c1ccc(C(C)(C)C)cc1. The molecule has 1 amide bonds. The molecule has 0 aliphatic heterocycles. The second kappa shape index (κ2) is 5.57. The van der Waals surface area contributed by atoms with Gasteiger partial charge in [-0.3, -0.25) is 4.79 Å². The molecular formula is C17H28N2O. The molecule has 0 aliphatic rings. The molecule has 0 aliphatic carbocycles. The molecule has 112 valence electrons. The molecule has 0 unspecified atom stereocenters. The van der Waals surface area contributed by atoms with Gasteiger partial charge in [0.1, 0.15) is 0 Å². The van der Waals surface area contributed by atoms with Crippen molar-refractivity contribution in [3.63, 3.8) is 0 Å². The minimum Gasteiger partial charge on any atom is -0.319 e. The topological polar surface area (TPSA) is 46.3 Å². The van der Waals surface area contributed by atoms with E-state index in [1.807, 2.05) is 32.9 Å². The smallest absolute Gasteiger partial charge is 0.244 e. The number of nitrogens with zero attached hydrogens (tertiary/aromatic N) is 1. The Hall–Kier alpha value is -1.35. The number of hydrogen-bond acceptors (Lipinski definition) is 2. The van der Waals surface area contributed by atoms with E-state index in [0.29, 0.717) is 0 Å². The fraction of sp³-hybridized carbons (Fsp3) is 0.588. The Morgan fingerprint density at radius 2 is 1.50 bits per heavy atom. The summed E-state index contributed by atoms with van der Waals surface area (Å²) in [6, 6.07) is 7.60. The zero-order valence-corrected chi connectivity index (χ0v) is 13.8. The lowest BCUT2D eigenvalue weighted by molar-refractivity contribution is -0.121. The van der Waals surface area contributed by atoms with Gasteiger partial charge in [-0.05, 0) is 28.5 Å². The molecule has 20 heavy (non-hydrogen) atoms. The lowest BCUT2D eigenvalue weighted by Gasteiger charge is -2.30. The Labute approximate surface area is 123 Å². The highest BCUT2D eigenvalue weighted by atomic mass is 16.2. The van der Waals surface area contributed by atoms with Crippen LogP contribution in [0.5, 0.6) is 0 Å². The molecule has 0 fully saturated rings. The van der Waals surface area contributed by atoms with Gasteiger partial charge < -0.3 is 10.6 Å². The van der Waals surface area contributed by atoms with Gasteiger partial charge in [-0.15, -0.1) is 0 Å². The number of nitrogens with two attached hydrogens (primary N) is 1. The third kappa shape index (κ3) is 3.83. The van der Waals surface area contributed by atoms with Crippen molar-refractivity contribution in [3.8, 4) is 0 Å². The largest absolute Gasteiger partial charge is 0.319 e. The van der Waals surface area contributed by atoms with E-state index in [2.05, 4.69) is 32.9 Å². The number of benzene rings is 1.